The van der Waals surface area contributed by atoms with Gasteiger partial charge in [-0.05, 0) is 42.3 Å². The molecule has 0 heterocycles. The summed E-state index contributed by atoms with van der Waals surface area (Å²) in [6.45, 7) is 1.85. The van der Waals surface area contributed by atoms with E-state index in [1.54, 1.807) is 18.2 Å². The van der Waals surface area contributed by atoms with Crippen LogP contribution in [0.5, 0.6) is 0 Å². The number of anilines is 1. The molecule has 1 atom stereocenters. The van der Waals surface area contributed by atoms with Crippen molar-refractivity contribution < 1.29 is 13.6 Å². The Morgan fingerprint density at radius 1 is 1.19 bits per heavy atom. The fourth-order valence-electron chi connectivity index (χ4n) is 1.94. The molecule has 0 aliphatic heterocycles. The van der Waals surface area contributed by atoms with Crippen molar-refractivity contribution in [3.8, 4) is 0 Å². The molecule has 0 bridgehead atoms. The van der Waals surface area contributed by atoms with Crippen LogP contribution >= 0.6 is 0 Å². The molecule has 2 rings (SSSR count). The second-order valence-electron chi connectivity index (χ2n) is 4.89. The Morgan fingerprint density at radius 2 is 1.95 bits per heavy atom. The van der Waals surface area contributed by atoms with Crippen LogP contribution in [0.15, 0.2) is 42.5 Å². The summed E-state index contributed by atoms with van der Waals surface area (Å²) in [5.41, 5.74) is 7.72. The van der Waals surface area contributed by atoms with Crippen LogP contribution in [0.25, 0.3) is 0 Å². The van der Waals surface area contributed by atoms with E-state index in [0.717, 1.165) is 17.7 Å². The van der Waals surface area contributed by atoms with Gasteiger partial charge in [0, 0.05) is 11.7 Å². The number of nitrogens with one attached hydrogen (secondary N) is 1. The average molecular weight is 290 g/mol. The molecular weight excluding hydrogens is 274 g/mol. The number of carbonyl (C=O) groups excluding carboxylic acids is 1. The molecule has 110 valence electrons. The van der Waals surface area contributed by atoms with Crippen molar-refractivity contribution in [1.82, 2.24) is 0 Å². The number of carbonyl (C=O) groups is 1. The lowest BCUT2D eigenvalue weighted by Gasteiger charge is -2.09. The topological polar surface area (TPSA) is 55.1 Å². The minimum atomic E-state index is -0.959. The van der Waals surface area contributed by atoms with Crippen LogP contribution in [0, 0.1) is 11.6 Å². The van der Waals surface area contributed by atoms with Crippen LogP contribution in [0.1, 0.15) is 24.1 Å². The van der Waals surface area contributed by atoms with Crippen LogP contribution in [-0.2, 0) is 11.2 Å². The smallest absolute Gasteiger partial charge is 0.228 e. The Hall–Kier alpha value is -2.27. The Morgan fingerprint density at radius 3 is 2.62 bits per heavy atom. The number of amides is 1. The summed E-state index contributed by atoms with van der Waals surface area (Å²) in [5, 5.41) is 2.71. The highest BCUT2D eigenvalue weighted by Crippen LogP contribution is 2.16. The standard InChI is InChI=1S/C16H16F2N2O/c1-10(19)12-3-2-4-13(9-12)20-16(21)8-11-5-6-14(17)15(18)7-11/h2-7,9-10H,8,19H2,1H3,(H,20,21). The number of benzene rings is 2. The molecule has 0 spiro atoms. The van der Waals surface area contributed by atoms with Gasteiger partial charge >= 0.3 is 0 Å². The zero-order chi connectivity index (χ0) is 15.4. The highest BCUT2D eigenvalue weighted by Gasteiger charge is 2.08. The summed E-state index contributed by atoms with van der Waals surface area (Å²) in [4.78, 5) is 11.9. The van der Waals surface area contributed by atoms with Gasteiger partial charge in [-0.2, -0.15) is 0 Å². The highest BCUT2D eigenvalue weighted by atomic mass is 19.2. The van der Waals surface area contributed by atoms with Crippen LogP contribution in [0.4, 0.5) is 14.5 Å². The third kappa shape index (κ3) is 4.10. The maximum absolute atomic E-state index is 13.1. The lowest BCUT2D eigenvalue weighted by Crippen LogP contribution is -2.15. The first-order chi connectivity index (χ1) is 9.95. The molecule has 3 N–H and O–H groups in total. The monoisotopic (exact) mass is 290 g/mol. The first-order valence-corrected chi connectivity index (χ1v) is 6.55. The third-order valence-electron chi connectivity index (χ3n) is 3.04. The molecule has 0 aliphatic rings. The van der Waals surface area contributed by atoms with E-state index in [0.29, 0.717) is 11.3 Å². The molecule has 0 saturated carbocycles. The van der Waals surface area contributed by atoms with E-state index in [1.165, 1.54) is 6.07 Å². The van der Waals surface area contributed by atoms with Gasteiger partial charge in [0.15, 0.2) is 11.6 Å². The predicted octanol–water partition coefficient (Wildman–Crippen LogP) is 3.17. The zero-order valence-electron chi connectivity index (χ0n) is 11.6. The van der Waals surface area contributed by atoms with Gasteiger partial charge in [0.25, 0.3) is 0 Å². The molecular formula is C16H16F2N2O. The zero-order valence-corrected chi connectivity index (χ0v) is 11.6. The van der Waals surface area contributed by atoms with E-state index in [4.69, 9.17) is 5.73 Å². The summed E-state index contributed by atoms with van der Waals surface area (Å²) in [5.74, 6) is -2.19. The van der Waals surface area contributed by atoms with Crippen molar-refractivity contribution in [2.45, 2.75) is 19.4 Å². The van der Waals surface area contributed by atoms with E-state index in [1.807, 2.05) is 13.0 Å². The molecule has 2 aromatic rings. The van der Waals surface area contributed by atoms with E-state index < -0.39 is 11.6 Å². The van der Waals surface area contributed by atoms with Crippen LogP contribution in [0.2, 0.25) is 0 Å². The summed E-state index contributed by atoms with van der Waals surface area (Å²) >= 11 is 0. The van der Waals surface area contributed by atoms with Crippen molar-refractivity contribution in [3.63, 3.8) is 0 Å². The molecule has 2 aromatic carbocycles. The van der Waals surface area contributed by atoms with Crippen molar-refractivity contribution in [1.29, 1.82) is 0 Å². The van der Waals surface area contributed by atoms with Crippen LogP contribution < -0.4 is 11.1 Å². The van der Waals surface area contributed by atoms with Gasteiger partial charge in [-0.1, -0.05) is 18.2 Å². The molecule has 21 heavy (non-hydrogen) atoms. The second kappa shape index (κ2) is 6.45. The molecule has 1 unspecified atom stereocenters. The first-order valence-electron chi connectivity index (χ1n) is 6.55. The quantitative estimate of drug-likeness (QED) is 0.908. The Balaban J connectivity index is 2.04. The maximum atomic E-state index is 13.1. The van der Waals surface area contributed by atoms with Crippen molar-refractivity contribution >= 4 is 11.6 Å². The first kappa shape index (κ1) is 15.1. The van der Waals surface area contributed by atoms with E-state index >= 15 is 0 Å². The van der Waals surface area contributed by atoms with Crippen LogP contribution in [0.3, 0.4) is 0 Å². The fourth-order valence-corrected chi connectivity index (χ4v) is 1.94. The molecule has 0 aromatic heterocycles. The van der Waals surface area contributed by atoms with Gasteiger partial charge in [-0.15, -0.1) is 0 Å². The maximum Gasteiger partial charge on any atom is 0.228 e. The second-order valence-corrected chi connectivity index (χ2v) is 4.89. The van der Waals surface area contributed by atoms with Gasteiger partial charge in [-0.25, -0.2) is 8.78 Å². The van der Waals surface area contributed by atoms with Gasteiger partial charge < -0.3 is 11.1 Å². The minimum absolute atomic E-state index is 0.0282. The number of halogens is 2. The summed E-state index contributed by atoms with van der Waals surface area (Å²) < 4.78 is 25.9. The molecule has 3 nitrogen and oxygen atoms in total. The lowest BCUT2D eigenvalue weighted by atomic mass is 10.1. The highest BCUT2D eigenvalue weighted by molar-refractivity contribution is 5.92. The van der Waals surface area contributed by atoms with Gasteiger partial charge in [0.05, 0.1) is 6.42 Å². The molecule has 0 radical (unpaired) electrons. The van der Waals surface area contributed by atoms with E-state index in [-0.39, 0.29) is 18.4 Å². The Labute approximate surface area is 121 Å². The molecule has 0 fully saturated rings. The number of hydrogen-bond acceptors (Lipinski definition) is 2. The largest absolute Gasteiger partial charge is 0.326 e. The lowest BCUT2D eigenvalue weighted by molar-refractivity contribution is -0.115. The molecule has 1 amide bonds. The average Bonchev–Trinajstić information content (AvgIpc) is 2.43. The Bertz CT molecular complexity index is 656. The van der Waals surface area contributed by atoms with Gasteiger partial charge in [-0.3, -0.25) is 4.79 Å². The summed E-state index contributed by atoms with van der Waals surface area (Å²) in [6, 6.07) is 10.5. The molecule has 5 heteroatoms. The summed E-state index contributed by atoms with van der Waals surface area (Å²) in [6.07, 6.45) is -0.0282. The fraction of sp³-hybridized carbons (Fsp3) is 0.188. The summed E-state index contributed by atoms with van der Waals surface area (Å²) in [7, 11) is 0. The SMILES string of the molecule is CC(N)c1cccc(NC(=O)Cc2ccc(F)c(F)c2)c1. The van der Waals surface area contributed by atoms with Gasteiger partial charge in [0.2, 0.25) is 5.91 Å². The van der Waals surface area contributed by atoms with Gasteiger partial charge in [0.1, 0.15) is 0 Å². The van der Waals surface area contributed by atoms with Crippen LogP contribution in [-0.4, -0.2) is 5.91 Å². The normalized spacial score (nSPS) is 12.0. The number of nitrogens with two attached hydrogens (primary N) is 1. The van der Waals surface area contributed by atoms with Crippen molar-refractivity contribution in [2.75, 3.05) is 5.32 Å². The number of hydrogen-bond donors (Lipinski definition) is 2. The molecule has 0 saturated heterocycles. The Kier molecular flexibility index (Phi) is 4.65. The van der Waals surface area contributed by atoms with E-state index in [2.05, 4.69) is 5.32 Å². The number of rotatable bonds is 4. The predicted molar refractivity (Wildman–Crippen MR) is 77.7 cm³/mol. The van der Waals surface area contributed by atoms with Crippen molar-refractivity contribution in [3.05, 3.63) is 65.2 Å². The van der Waals surface area contributed by atoms with E-state index in [9.17, 15) is 13.6 Å². The molecule has 0 aliphatic carbocycles. The van der Waals surface area contributed by atoms with Crippen molar-refractivity contribution in [2.24, 2.45) is 5.73 Å². The third-order valence-corrected chi connectivity index (χ3v) is 3.04. The minimum Gasteiger partial charge on any atom is -0.326 e.